The Morgan fingerprint density at radius 3 is 2.94 bits per heavy atom. The molecule has 4 heteroatoms. The third-order valence-electron chi connectivity index (χ3n) is 3.08. The van der Waals surface area contributed by atoms with Gasteiger partial charge in [0, 0.05) is 19.1 Å². The van der Waals surface area contributed by atoms with Gasteiger partial charge in [-0.05, 0) is 25.0 Å². The maximum Gasteiger partial charge on any atom is 0.257 e. The van der Waals surface area contributed by atoms with Crippen molar-refractivity contribution in [3.63, 3.8) is 0 Å². The normalized spacial score (nSPS) is 20.1. The Bertz CT molecular complexity index is 406. The minimum absolute atomic E-state index is 0.0117. The van der Waals surface area contributed by atoms with Gasteiger partial charge in [-0.15, -0.1) is 0 Å². The molecule has 92 valence electrons. The number of ether oxygens (including phenoxy) is 1. The molecule has 1 aromatic carbocycles. The highest BCUT2D eigenvalue weighted by Gasteiger charge is 2.24. The Balaban J connectivity index is 2.18. The van der Waals surface area contributed by atoms with E-state index in [1.165, 1.54) is 0 Å². The summed E-state index contributed by atoms with van der Waals surface area (Å²) < 4.78 is 5.21. The van der Waals surface area contributed by atoms with E-state index in [2.05, 4.69) is 0 Å². The summed E-state index contributed by atoms with van der Waals surface area (Å²) in [6.45, 7) is 1.42. The van der Waals surface area contributed by atoms with Gasteiger partial charge in [0.25, 0.3) is 5.91 Å². The molecule has 0 bridgehead atoms. The Kier molecular flexibility index (Phi) is 3.64. The van der Waals surface area contributed by atoms with Gasteiger partial charge >= 0.3 is 0 Å². The minimum Gasteiger partial charge on any atom is -0.496 e. The lowest BCUT2D eigenvalue weighted by Gasteiger charge is -2.31. The van der Waals surface area contributed by atoms with Gasteiger partial charge in [-0.25, -0.2) is 0 Å². The molecule has 1 atom stereocenters. The molecule has 1 heterocycles. The summed E-state index contributed by atoms with van der Waals surface area (Å²) in [5, 5.41) is 0. The first-order valence-corrected chi connectivity index (χ1v) is 5.90. The largest absolute Gasteiger partial charge is 0.496 e. The fourth-order valence-corrected chi connectivity index (χ4v) is 2.19. The zero-order chi connectivity index (χ0) is 12.3. The molecule has 1 aromatic rings. The number of piperidine rings is 1. The van der Waals surface area contributed by atoms with E-state index >= 15 is 0 Å². The molecule has 0 spiro atoms. The van der Waals surface area contributed by atoms with Crippen molar-refractivity contribution in [2.75, 3.05) is 20.2 Å². The highest BCUT2D eigenvalue weighted by atomic mass is 16.5. The molecule has 0 saturated carbocycles. The van der Waals surface area contributed by atoms with Gasteiger partial charge in [-0.2, -0.15) is 0 Å². The molecule has 2 rings (SSSR count). The van der Waals surface area contributed by atoms with Gasteiger partial charge in [0.05, 0.1) is 12.7 Å². The van der Waals surface area contributed by atoms with Gasteiger partial charge in [0.2, 0.25) is 0 Å². The second-order valence-corrected chi connectivity index (χ2v) is 4.35. The van der Waals surface area contributed by atoms with Crippen LogP contribution < -0.4 is 10.5 Å². The Labute approximate surface area is 101 Å². The smallest absolute Gasteiger partial charge is 0.257 e. The zero-order valence-electron chi connectivity index (χ0n) is 10.1. The minimum atomic E-state index is 0.0117. The summed E-state index contributed by atoms with van der Waals surface area (Å²) in [4.78, 5) is 14.1. The van der Waals surface area contributed by atoms with Crippen molar-refractivity contribution in [3.8, 4) is 5.75 Å². The number of para-hydroxylation sites is 1. The molecular weight excluding hydrogens is 216 g/mol. The van der Waals surface area contributed by atoms with Crippen LogP contribution in [0.1, 0.15) is 23.2 Å². The van der Waals surface area contributed by atoms with E-state index in [0.717, 1.165) is 19.4 Å². The average molecular weight is 234 g/mol. The molecule has 0 unspecified atom stereocenters. The fraction of sp³-hybridized carbons (Fsp3) is 0.462. The molecule has 1 aliphatic rings. The van der Waals surface area contributed by atoms with E-state index in [0.29, 0.717) is 17.9 Å². The highest BCUT2D eigenvalue weighted by molar-refractivity contribution is 5.97. The van der Waals surface area contributed by atoms with Crippen molar-refractivity contribution in [1.82, 2.24) is 4.90 Å². The molecule has 0 aromatic heterocycles. The van der Waals surface area contributed by atoms with E-state index in [9.17, 15) is 4.79 Å². The number of carbonyl (C=O) groups is 1. The first-order valence-electron chi connectivity index (χ1n) is 5.90. The van der Waals surface area contributed by atoms with Crippen molar-refractivity contribution >= 4 is 5.91 Å². The topological polar surface area (TPSA) is 55.6 Å². The van der Waals surface area contributed by atoms with E-state index in [1.54, 1.807) is 19.2 Å². The first kappa shape index (κ1) is 11.9. The lowest BCUT2D eigenvalue weighted by Crippen LogP contribution is -2.45. The average Bonchev–Trinajstić information content (AvgIpc) is 2.38. The molecule has 1 saturated heterocycles. The van der Waals surface area contributed by atoms with Gasteiger partial charge in [0.15, 0.2) is 0 Å². The van der Waals surface area contributed by atoms with E-state index < -0.39 is 0 Å². The number of carbonyl (C=O) groups excluding carboxylic acids is 1. The van der Waals surface area contributed by atoms with Crippen LogP contribution in [0.5, 0.6) is 5.75 Å². The Hall–Kier alpha value is -1.55. The maximum absolute atomic E-state index is 12.3. The molecule has 1 fully saturated rings. The Morgan fingerprint density at radius 2 is 2.24 bits per heavy atom. The van der Waals surface area contributed by atoms with Gasteiger partial charge < -0.3 is 15.4 Å². The lowest BCUT2D eigenvalue weighted by atomic mass is 10.0. The third-order valence-corrected chi connectivity index (χ3v) is 3.08. The van der Waals surface area contributed by atoms with Crippen LogP contribution in [0.25, 0.3) is 0 Å². The summed E-state index contributed by atoms with van der Waals surface area (Å²) in [7, 11) is 1.58. The van der Waals surface area contributed by atoms with Crippen LogP contribution in [-0.4, -0.2) is 37.0 Å². The van der Waals surface area contributed by atoms with Crippen molar-refractivity contribution in [2.24, 2.45) is 5.73 Å². The number of hydrogen-bond acceptors (Lipinski definition) is 3. The SMILES string of the molecule is COc1ccccc1C(=O)N1CCC[C@H](N)C1. The van der Waals surface area contributed by atoms with E-state index in [-0.39, 0.29) is 11.9 Å². The molecule has 0 aliphatic carbocycles. The number of methoxy groups -OCH3 is 1. The zero-order valence-corrected chi connectivity index (χ0v) is 10.1. The lowest BCUT2D eigenvalue weighted by molar-refractivity contribution is 0.0705. The van der Waals surface area contributed by atoms with Crippen molar-refractivity contribution in [3.05, 3.63) is 29.8 Å². The van der Waals surface area contributed by atoms with Crippen LogP contribution in [0, 0.1) is 0 Å². The quantitative estimate of drug-likeness (QED) is 0.838. The molecule has 1 aliphatic heterocycles. The van der Waals surface area contributed by atoms with Crippen LogP contribution in [0.2, 0.25) is 0 Å². The molecule has 4 nitrogen and oxygen atoms in total. The summed E-state index contributed by atoms with van der Waals surface area (Å²) in [6, 6.07) is 7.40. The van der Waals surface area contributed by atoms with Crippen molar-refractivity contribution in [1.29, 1.82) is 0 Å². The third kappa shape index (κ3) is 2.58. The number of amides is 1. The predicted molar refractivity (Wildman–Crippen MR) is 66.1 cm³/mol. The molecule has 2 N–H and O–H groups in total. The summed E-state index contributed by atoms with van der Waals surface area (Å²) in [6.07, 6.45) is 1.97. The second-order valence-electron chi connectivity index (χ2n) is 4.35. The Morgan fingerprint density at radius 1 is 1.47 bits per heavy atom. The number of rotatable bonds is 2. The van der Waals surface area contributed by atoms with Gasteiger partial charge in [0.1, 0.15) is 5.75 Å². The predicted octanol–water partition coefficient (Wildman–Crippen LogP) is 1.26. The monoisotopic (exact) mass is 234 g/mol. The van der Waals surface area contributed by atoms with Gasteiger partial charge in [-0.3, -0.25) is 4.79 Å². The van der Waals surface area contributed by atoms with Crippen LogP contribution >= 0.6 is 0 Å². The second kappa shape index (κ2) is 5.19. The summed E-state index contributed by atoms with van der Waals surface area (Å²) >= 11 is 0. The van der Waals surface area contributed by atoms with Gasteiger partial charge in [-0.1, -0.05) is 12.1 Å². The van der Waals surface area contributed by atoms with E-state index in [1.807, 2.05) is 17.0 Å². The number of hydrogen-bond donors (Lipinski definition) is 1. The molecule has 1 amide bonds. The van der Waals surface area contributed by atoms with Crippen LogP contribution in [-0.2, 0) is 0 Å². The first-order chi connectivity index (χ1) is 8.22. The number of nitrogens with two attached hydrogens (primary N) is 1. The number of benzene rings is 1. The molecule has 17 heavy (non-hydrogen) atoms. The van der Waals surface area contributed by atoms with Crippen molar-refractivity contribution < 1.29 is 9.53 Å². The summed E-state index contributed by atoms with van der Waals surface area (Å²) in [5.74, 6) is 0.634. The van der Waals surface area contributed by atoms with Crippen LogP contribution in [0.3, 0.4) is 0 Å². The summed E-state index contributed by atoms with van der Waals surface area (Å²) in [5.41, 5.74) is 6.50. The molecule has 0 radical (unpaired) electrons. The number of nitrogens with zero attached hydrogens (tertiary/aromatic N) is 1. The van der Waals surface area contributed by atoms with Crippen LogP contribution in [0.15, 0.2) is 24.3 Å². The standard InChI is InChI=1S/C13H18N2O2/c1-17-12-7-3-2-6-11(12)13(16)15-8-4-5-10(14)9-15/h2-3,6-7,10H,4-5,8-9,14H2,1H3/t10-/m0/s1. The fourth-order valence-electron chi connectivity index (χ4n) is 2.19. The molecular formula is C13H18N2O2. The van der Waals surface area contributed by atoms with Crippen molar-refractivity contribution in [2.45, 2.75) is 18.9 Å². The van der Waals surface area contributed by atoms with Crippen LogP contribution in [0.4, 0.5) is 0 Å². The number of likely N-dealkylation sites (tertiary alicyclic amines) is 1. The highest BCUT2D eigenvalue weighted by Crippen LogP contribution is 2.21. The van der Waals surface area contributed by atoms with E-state index in [4.69, 9.17) is 10.5 Å². The maximum atomic E-state index is 12.3.